The molecule has 0 saturated carbocycles. The Kier molecular flexibility index (Phi) is 7.83. The first kappa shape index (κ1) is 24.3. The molecule has 1 atom stereocenters. The molecular weight excluding hydrogens is 399 g/mol. The van der Waals surface area contributed by atoms with Gasteiger partial charge in [-0.25, -0.2) is 13.6 Å². The summed E-state index contributed by atoms with van der Waals surface area (Å²) in [6.07, 6.45) is -4.51. The molecule has 0 radical (unpaired) electrons. The van der Waals surface area contributed by atoms with Crippen molar-refractivity contribution in [2.75, 3.05) is 12.9 Å². The van der Waals surface area contributed by atoms with Gasteiger partial charge >= 0.3 is 6.18 Å². The largest absolute Gasteiger partial charge is 0.414 e. The van der Waals surface area contributed by atoms with Gasteiger partial charge in [0, 0.05) is 6.42 Å². The van der Waals surface area contributed by atoms with Crippen LogP contribution in [0.5, 0.6) is 0 Å². The van der Waals surface area contributed by atoms with Gasteiger partial charge in [0.2, 0.25) is 10.0 Å². The molecule has 0 heterocycles. The van der Waals surface area contributed by atoms with Crippen LogP contribution in [0.2, 0.25) is 0 Å². The summed E-state index contributed by atoms with van der Waals surface area (Å²) < 4.78 is 69.3. The van der Waals surface area contributed by atoms with Crippen molar-refractivity contribution in [2.45, 2.75) is 67.9 Å². The molecule has 9 heteroatoms. The van der Waals surface area contributed by atoms with Crippen molar-refractivity contribution < 1.29 is 26.3 Å². The van der Waals surface area contributed by atoms with Gasteiger partial charge in [-0.15, -0.1) is 0 Å². The fourth-order valence-corrected chi connectivity index (χ4v) is 3.91. The first-order valence-electron chi connectivity index (χ1n) is 8.52. The zero-order valence-corrected chi connectivity index (χ0v) is 18.0. The maximum Gasteiger partial charge on any atom is 0.414 e. The van der Waals surface area contributed by atoms with Crippen LogP contribution < -0.4 is 5.14 Å². The minimum Gasteiger partial charge on any atom is -0.369 e. The van der Waals surface area contributed by atoms with Gasteiger partial charge in [0.05, 0.1) is 17.8 Å². The number of halogens is 3. The third kappa shape index (κ3) is 7.29. The van der Waals surface area contributed by atoms with Crippen LogP contribution in [0.3, 0.4) is 0 Å². The maximum atomic E-state index is 13.5. The molecular formula is C18H29F3NO3S2+. The van der Waals surface area contributed by atoms with Gasteiger partial charge in [-0.05, 0) is 49.1 Å². The second-order valence-electron chi connectivity index (χ2n) is 7.82. The molecule has 156 valence electrons. The zero-order valence-electron chi connectivity index (χ0n) is 16.3. The highest BCUT2D eigenvalue weighted by atomic mass is 32.2. The molecule has 2 N–H and O–H groups in total. The van der Waals surface area contributed by atoms with Crippen molar-refractivity contribution in [1.82, 2.24) is 0 Å². The fraction of sp³-hybridized carbons (Fsp3) is 0.667. The van der Waals surface area contributed by atoms with Crippen molar-refractivity contribution in [1.29, 1.82) is 0 Å². The summed E-state index contributed by atoms with van der Waals surface area (Å²) in [6.45, 7) is 7.03. The van der Waals surface area contributed by atoms with E-state index in [4.69, 9.17) is 9.88 Å². The Morgan fingerprint density at radius 3 is 2.19 bits per heavy atom. The summed E-state index contributed by atoms with van der Waals surface area (Å²) in [5, 5.41) is 5.23. The molecule has 27 heavy (non-hydrogen) atoms. The number of hydrogen-bond acceptors (Lipinski definition) is 3. The number of primary sulfonamides is 1. The minimum absolute atomic E-state index is 0.0229. The van der Waals surface area contributed by atoms with E-state index in [2.05, 4.69) is 0 Å². The highest BCUT2D eigenvalue weighted by Gasteiger charge is 2.45. The number of rotatable bonds is 9. The summed E-state index contributed by atoms with van der Waals surface area (Å²) in [7, 11) is -4.05. The summed E-state index contributed by atoms with van der Waals surface area (Å²) in [4.78, 5) is -0.165. The number of thiol groups is 1. The van der Waals surface area contributed by atoms with Gasteiger partial charge in [0.15, 0.2) is 6.10 Å². The smallest absolute Gasteiger partial charge is 0.369 e. The van der Waals surface area contributed by atoms with Gasteiger partial charge < -0.3 is 4.74 Å². The molecule has 1 aromatic carbocycles. The Hall–Kier alpha value is -0.770. The fourth-order valence-electron chi connectivity index (χ4n) is 2.68. The number of ether oxygens (including phenoxy) is 1. The van der Waals surface area contributed by atoms with Crippen LogP contribution in [0.25, 0.3) is 0 Å². The van der Waals surface area contributed by atoms with Crippen molar-refractivity contribution >= 4 is 21.8 Å². The zero-order chi connectivity index (χ0) is 21.1. The summed E-state index contributed by atoms with van der Waals surface area (Å²) in [5.74, 6) is 0. The quantitative estimate of drug-likeness (QED) is 0.483. The predicted octanol–water partition coefficient (Wildman–Crippen LogP) is 3.56. The van der Waals surface area contributed by atoms with Gasteiger partial charge in [-0.2, -0.15) is 13.2 Å². The molecule has 0 bridgehead atoms. The van der Waals surface area contributed by atoms with Crippen molar-refractivity contribution in [3.63, 3.8) is 0 Å². The van der Waals surface area contributed by atoms with E-state index in [9.17, 15) is 21.6 Å². The molecule has 0 amide bonds. The lowest BCUT2D eigenvalue weighted by Gasteiger charge is -2.32. The topological polar surface area (TPSA) is 69.4 Å². The molecule has 0 aliphatic rings. The molecule has 0 fully saturated rings. The Balaban J connectivity index is 3.08. The number of nitrogens with two attached hydrogens (primary N) is 1. The normalized spacial score (nSPS) is 15.0. The van der Waals surface area contributed by atoms with Crippen LogP contribution in [0.1, 0.15) is 46.1 Å². The Morgan fingerprint density at radius 2 is 1.70 bits per heavy atom. The molecule has 0 aliphatic carbocycles. The molecule has 0 saturated heterocycles. The van der Waals surface area contributed by atoms with E-state index in [0.29, 0.717) is 6.42 Å². The lowest BCUT2D eigenvalue weighted by molar-refractivity contribution is -0.226. The number of alkyl halides is 3. The Labute approximate surface area is 164 Å². The second kappa shape index (κ2) is 8.71. The molecule has 1 rings (SSSR count). The Morgan fingerprint density at radius 1 is 1.15 bits per heavy atom. The van der Waals surface area contributed by atoms with Crippen LogP contribution in [-0.4, -0.2) is 38.3 Å². The summed E-state index contributed by atoms with van der Waals surface area (Å²) >= 11 is 1.08. The van der Waals surface area contributed by atoms with Gasteiger partial charge in [-0.3, -0.25) is 0 Å². The highest BCUT2D eigenvalue weighted by molar-refractivity contribution is 7.89. The SMILES string of the molecule is C[SH+]C(C)(C)CCOC(CC(C)(C)c1ccccc1S(N)(=O)=O)C(F)(F)F. The van der Waals surface area contributed by atoms with E-state index in [0.717, 1.165) is 11.8 Å². The van der Waals surface area contributed by atoms with Gasteiger partial charge in [0.1, 0.15) is 4.75 Å². The van der Waals surface area contributed by atoms with Gasteiger partial charge in [0.25, 0.3) is 0 Å². The summed E-state index contributed by atoms with van der Waals surface area (Å²) in [6, 6.07) is 5.87. The van der Waals surface area contributed by atoms with Crippen LogP contribution in [0, 0.1) is 0 Å². The first-order valence-corrected chi connectivity index (χ1v) is 11.4. The number of benzene rings is 1. The van der Waals surface area contributed by atoms with Gasteiger partial charge in [-0.1, -0.05) is 32.0 Å². The van der Waals surface area contributed by atoms with E-state index in [1.165, 1.54) is 18.2 Å². The van der Waals surface area contributed by atoms with Crippen LogP contribution >= 0.6 is 0 Å². The lowest BCUT2D eigenvalue weighted by Crippen LogP contribution is -2.39. The van der Waals surface area contributed by atoms with E-state index in [-0.39, 0.29) is 21.8 Å². The highest BCUT2D eigenvalue weighted by Crippen LogP contribution is 2.38. The molecule has 1 aromatic rings. The maximum absolute atomic E-state index is 13.5. The van der Waals surface area contributed by atoms with E-state index >= 15 is 0 Å². The van der Waals surface area contributed by atoms with E-state index in [1.807, 2.05) is 20.1 Å². The third-order valence-electron chi connectivity index (χ3n) is 4.62. The molecule has 4 nitrogen and oxygen atoms in total. The molecule has 0 spiro atoms. The lowest BCUT2D eigenvalue weighted by atomic mass is 9.79. The average molecular weight is 429 g/mol. The average Bonchev–Trinajstić information content (AvgIpc) is 2.52. The van der Waals surface area contributed by atoms with Crippen molar-refractivity contribution in [3.05, 3.63) is 29.8 Å². The first-order chi connectivity index (χ1) is 12.1. The van der Waals surface area contributed by atoms with E-state index < -0.39 is 34.1 Å². The van der Waals surface area contributed by atoms with Crippen LogP contribution in [0.4, 0.5) is 13.2 Å². The molecule has 1 unspecified atom stereocenters. The van der Waals surface area contributed by atoms with E-state index in [1.54, 1.807) is 19.9 Å². The van der Waals surface area contributed by atoms with Crippen LogP contribution in [-0.2, 0) is 31.9 Å². The Bertz CT molecular complexity index is 732. The van der Waals surface area contributed by atoms with Crippen molar-refractivity contribution in [3.8, 4) is 0 Å². The standard InChI is InChI=1S/C18H28F3NO3S2/c1-16(2,13-8-6-7-9-14(13)27(22,23)24)12-15(18(19,20)21)25-11-10-17(3,4)26-5/h6-9,15H,10-12H2,1-5H3,(H2,22,23,24)/p+1. The minimum atomic E-state index is -4.55. The monoisotopic (exact) mass is 428 g/mol. The number of hydrogen-bond donors (Lipinski definition) is 1. The summed E-state index contributed by atoms with van der Waals surface area (Å²) in [5.41, 5.74) is -0.861. The van der Waals surface area contributed by atoms with Crippen molar-refractivity contribution in [2.24, 2.45) is 5.14 Å². The molecule has 0 aliphatic heterocycles. The van der Waals surface area contributed by atoms with Crippen LogP contribution in [0.15, 0.2) is 29.2 Å². The number of sulfonamides is 1. The third-order valence-corrected chi connectivity index (χ3v) is 7.03. The predicted molar refractivity (Wildman–Crippen MR) is 105 cm³/mol. The molecule has 0 aromatic heterocycles. The second-order valence-corrected chi connectivity index (χ2v) is 11.0.